The second-order valence-corrected chi connectivity index (χ2v) is 7.10. The Morgan fingerprint density at radius 2 is 1.74 bits per heavy atom. The number of amides is 2. The van der Waals surface area contributed by atoms with Gasteiger partial charge in [0.15, 0.2) is 5.69 Å². The van der Waals surface area contributed by atoms with Gasteiger partial charge in [-0.05, 0) is 43.2 Å². The van der Waals surface area contributed by atoms with E-state index in [0.29, 0.717) is 24.3 Å². The predicted molar refractivity (Wildman–Crippen MR) is 106 cm³/mol. The average Bonchev–Trinajstić information content (AvgIpc) is 3.45. The van der Waals surface area contributed by atoms with Crippen LogP contribution in [0, 0.1) is 0 Å². The molecule has 1 saturated heterocycles. The lowest BCUT2D eigenvalue weighted by molar-refractivity contribution is -0.137. The monoisotopic (exact) mass is 429 g/mol. The summed E-state index contributed by atoms with van der Waals surface area (Å²) in [6.07, 6.45) is -1.52. The van der Waals surface area contributed by atoms with Gasteiger partial charge in [0, 0.05) is 24.3 Å². The molecule has 1 fully saturated rings. The van der Waals surface area contributed by atoms with E-state index in [9.17, 15) is 22.8 Å². The Labute approximate surface area is 175 Å². The Bertz CT molecular complexity index is 1120. The van der Waals surface area contributed by atoms with E-state index in [1.165, 1.54) is 18.2 Å². The molecule has 0 unspecified atom stereocenters. The maximum Gasteiger partial charge on any atom is 0.418 e. The minimum absolute atomic E-state index is 0.108. The lowest BCUT2D eigenvalue weighted by Crippen LogP contribution is -2.27. The number of para-hydroxylation sites is 1. The van der Waals surface area contributed by atoms with Crippen LogP contribution >= 0.6 is 0 Å². The Morgan fingerprint density at radius 3 is 2.48 bits per heavy atom. The van der Waals surface area contributed by atoms with Crippen LogP contribution in [0.5, 0.6) is 0 Å². The van der Waals surface area contributed by atoms with E-state index in [2.05, 4.69) is 15.6 Å². The van der Waals surface area contributed by atoms with Crippen LogP contribution in [0.25, 0.3) is 5.69 Å². The molecular formula is C21H18F3N5O2. The number of halogens is 3. The predicted octanol–water partition coefficient (Wildman–Crippen LogP) is 3.77. The number of aromatic nitrogens is 3. The summed E-state index contributed by atoms with van der Waals surface area (Å²) < 4.78 is 40.6. The second-order valence-electron chi connectivity index (χ2n) is 7.10. The number of carbonyl (C=O) groups is 2. The summed E-state index contributed by atoms with van der Waals surface area (Å²) >= 11 is 0. The number of nitrogens with zero attached hydrogens (tertiary/aromatic N) is 4. The third-order valence-corrected chi connectivity index (χ3v) is 4.94. The normalized spacial score (nSPS) is 14.0. The van der Waals surface area contributed by atoms with Crippen molar-refractivity contribution in [2.45, 2.75) is 19.0 Å². The van der Waals surface area contributed by atoms with Gasteiger partial charge in [0.05, 0.1) is 17.4 Å². The Hall–Kier alpha value is -3.69. The van der Waals surface area contributed by atoms with Gasteiger partial charge in [-0.25, -0.2) is 4.68 Å². The zero-order valence-corrected chi connectivity index (χ0v) is 16.3. The van der Waals surface area contributed by atoms with Crippen LogP contribution in [0.3, 0.4) is 0 Å². The molecule has 0 radical (unpaired) electrons. The van der Waals surface area contributed by atoms with Crippen molar-refractivity contribution in [3.63, 3.8) is 0 Å². The number of likely N-dealkylation sites (tertiary alicyclic amines) is 1. The Kier molecular flexibility index (Phi) is 5.45. The number of anilines is 1. The molecule has 10 heteroatoms. The van der Waals surface area contributed by atoms with Crippen molar-refractivity contribution in [2.75, 3.05) is 18.4 Å². The summed E-state index contributed by atoms with van der Waals surface area (Å²) in [5.74, 6) is -0.759. The van der Waals surface area contributed by atoms with Crippen LogP contribution in [-0.4, -0.2) is 44.8 Å². The smallest absolute Gasteiger partial charge is 0.339 e. The highest BCUT2D eigenvalue weighted by atomic mass is 19.4. The molecule has 4 rings (SSSR count). The van der Waals surface area contributed by atoms with Crippen LogP contribution in [0.1, 0.15) is 39.3 Å². The molecule has 2 amide bonds. The molecule has 2 heterocycles. The molecular weight excluding hydrogens is 411 g/mol. The SMILES string of the molecule is O=C(Nc1cccc(C(=O)N2CCCC2)c1)c1cn(-c2ccccc2C(F)(F)F)nn1. The van der Waals surface area contributed by atoms with Crippen LogP contribution < -0.4 is 5.32 Å². The molecule has 160 valence electrons. The molecule has 1 aliphatic heterocycles. The van der Waals surface area contributed by atoms with Crippen molar-refractivity contribution in [3.8, 4) is 5.69 Å². The molecule has 1 aromatic heterocycles. The minimum atomic E-state index is -4.58. The molecule has 1 aliphatic rings. The largest absolute Gasteiger partial charge is 0.418 e. The van der Waals surface area contributed by atoms with E-state index in [1.807, 2.05) is 0 Å². The summed E-state index contributed by atoms with van der Waals surface area (Å²) in [6.45, 7) is 1.41. The number of alkyl halides is 3. The second kappa shape index (κ2) is 8.21. The highest BCUT2D eigenvalue weighted by Crippen LogP contribution is 2.33. The summed E-state index contributed by atoms with van der Waals surface area (Å²) in [5, 5.41) is 9.96. The number of benzene rings is 2. The zero-order valence-electron chi connectivity index (χ0n) is 16.3. The molecule has 2 aromatic carbocycles. The zero-order chi connectivity index (χ0) is 22.0. The van der Waals surface area contributed by atoms with Crippen molar-refractivity contribution in [2.24, 2.45) is 0 Å². The van der Waals surface area contributed by atoms with Crippen LogP contribution in [0.4, 0.5) is 18.9 Å². The molecule has 0 bridgehead atoms. The highest BCUT2D eigenvalue weighted by Gasteiger charge is 2.34. The first-order valence-electron chi connectivity index (χ1n) is 9.62. The summed E-state index contributed by atoms with van der Waals surface area (Å²) in [4.78, 5) is 26.8. The van der Waals surface area contributed by atoms with Crippen LogP contribution in [-0.2, 0) is 6.18 Å². The molecule has 1 N–H and O–H groups in total. The topological polar surface area (TPSA) is 80.1 Å². The lowest BCUT2D eigenvalue weighted by Gasteiger charge is -2.15. The summed E-state index contributed by atoms with van der Waals surface area (Å²) in [5.41, 5.74) is -0.462. The summed E-state index contributed by atoms with van der Waals surface area (Å²) in [7, 11) is 0. The van der Waals surface area contributed by atoms with E-state index in [0.717, 1.165) is 29.8 Å². The summed E-state index contributed by atoms with van der Waals surface area (Å²) in [6, 6.07) is 11.4. The van der Waals surface area contributed by atoms with Crippen LogP contribution in [0.15, 0.2) is 54.7 Å². The van der Waals surface area contributed by atoms with Gasteiger partial charge >= 0.3 is 6.18 Å². The fourth-order valence-corrected chi connectivity index (χ4v) is 3.43. The van der Waals surface area contributed by atoms with Gasteiger partial charge in [0.2, 0.25) is 0 Å². The molecule has 3 aromatic rings. The van der Waals surface area contributed by atoms with Gasteiger partial charge in [-0.1, -0.05) is 23.4 Å². The minimum Gasteiger partial charge on any atom is -0.339 e. The average molecular weight is 429 g/mol. The fourth-order valence-electron chi connectivity index (χ4n) is 3.43. The molecule has 0 atom stereocenters. The lowest BCUT2D eigenvalue weighted by atomic mass is 10.1. The molecule has 7 nitrogen and oxygen atoms in total. The quantitative estimate of drug-likeness (QED) is 0.685. The van der Waals surface area contributed by atoms with E-state index in [-0.39, 0.29) is 17.3 Å². The standard InChI is InChI=1S/C21H18F3N5O2/c22-21(23,24)16-8-1-2-9-18(16)29-13-17(26-27-29)19(30)25-15-7-5-6-14(12-15)20(31)28-10-3-4-11-28/h1-2,5-9,12-13H,3-4,10-11H2,(H,25,30). The third-order valence-electron chi connectivity index (χ3n) is 4.94. The first-order valence-corrected chi connectivity index (χ1v) is 9.62. The van der Waals surface area contributed by atoms with Crippen molar-refractivity contribution in [3.05, 3.63) is 71.5 Å². The van der Waals surface area contributed by atoms with Crippen molar-refractivity contribution in [1.82, 2.24) is 19.9 Å². The van der Waals surface area contributed by atoms with Crippen molar-refractivity contribution in [1.29, 1.82) is 0 Å². The van der Waals surface area contributed by atoms with E-state index >= 15 is 0 Å². The number of carbonyl (C=O) groups excluding carboxylic acids is 2. The molecule has 0 saturated carbocycles. The first-order chi connectivity index (χ1) is 14.8. The van der Waals surface area contributed by atoms with Gasteiger partial charge in [0.25, 0.3) is 11.8 Å². The van der Waals surface area contributed by atoms with Gasteiger partial charge in [0.1, 0.15) is 0 Å². The maximum absolute atomic E-state index is 13.2. The van der Waals surface area contributed by atoms with Gasteiger partial charge in [-0.3, -0.25) is 9.59 Å². The van der Waals surface area contributed by atoms with Crippen LogP contribution in [0.2, 0.25) is 0 Å². The number of rotatable bonds is 4. The first kappa shape index (κ1) is 20.6. The maximum atomic E-state index is 13.2. The van der Waals surface area contributed by atoms with E-state index in [4.69, 9.17) is 0 Å². The molecule has 31 heavy (non-hydrogen) atoms. The van der Waals surface area contributed by atoms with Gasteiger partial charge in [-0.15, -0.1) is 5.10 Å². The van der Waals surface area contributed by atoms with Gasteiger partial charge in [-0.2, -0.15) is 13.2 Å². The molecule has 0 aliphatic carbocycles. The third kappa shape index (κ3) is 4.42. The number of hydrogen-bond donors (Lipinski definition) is 1. The molecule has 0 spiro atoms. The number of nitrogens with one attached hydrogen (secondary N) is 1. The number of hydrogen-bond acceptors (Lipinski definition) is 4. The van der Waals surface area contributed by atoms with Gasteiger partial charge < -0.3 is 10.2 Å². The van der Waals surface area contributed by atoms with E-state index in [1.54, 1.807) is 29.2 Å². The fraction of sp³-hybridized carbons (Fsp3) is 0.238. The highest BCUT2D eigenvalue weighted by molar-refractivity contribution is 6.03. The van der Waals surface area contributed by atoms with Crippen molar-refractivity contribution >= 4 is 17.5 Å². The van der Waals surface area contributed by atoms with Crippen molar-refractivity contribution < 1.29 is 22.8 Å². The Balaban J connectivity index is 1.52. The Morgan fingerprint density at radius 1 is 1.00 bits per heavy atom. The van der Waals surface area contributed by atoms with E-state index < -0.39 is 17.6 Å².